The molecule has 1 atom stereocenters. The van der Waals surface area contributed by atoms with Crippen molar-refractivity contribution >= 4 is 36.7 Å². The molecule has 7 rings (SSSR count). The molecule has 0 saturated carbocycles. The fraction of sp³-hybridized carbons (Fsp3) is 0.132. The van der Waals surface area contributed by atoms with E-state index in [-0.39, 0.29) is 15.8 Å². The van der Waals surface area contributed by atoms with Crippen LogP contribution in [0.1, 0.15) is 34.1 Å². The van der Waals surface area contributed by atoms with Gasteiger partial charge in [0.05, 0.1) is 22.0 Å². The lowest BCUT2D eigenvalue weighted by Gasteiger charge is -2.11. The molecule has 14 heteroatoms. The summed E-state index contributed by atoms with van der Waals surface area (Å²) in [6.07, 6.45) is 2.45. The Kier molecular flexibility index (Phi) is 12.1. The summed E-state index contributed by atoms with van der Waals surface area (Å²) in [7, 11) is -8.04. The highest BCUT2D eigenvalue weighted by atomic mass is 32.2. The number of rotatable bonds is 8. The van der Waals surface area contributed by atoms with Crippen LogP contribution in [0.15, 0.2) is 143 Å². The molecule has 0 bridgehead atoms. The van der Waals surface area contributed by atoms with E-state index in [9.17, 15) is 16.8 Å². The van der Waals surface area contributed by atoms with E-state index in [4.69, 9.17) is 19.6 Å². The zero-order valence-corrected chi connectivity index (χ0v) is 29.9. The Balaban J connectivity index is 0.000000194. The molecule has 0 aliphatic rings. The summed E-state index contributed by atoms with van der Waals surface area (Å²) in [5.41, 5.74) is 11.3. The van der Waals surface area contributed by atoms with E-state index in [0.717, 1.165) is 44.4 Å². The second-order valence-electron chi connectivity index (χ2n) is 11.8. The van der Waals surface area contributed by atoms with Gasteiger partial charge in [-0.15, -0.1) is 10.2 Å². The van der Waals surface area contributed by atoms with E-state index in [2.05, 4.69) is 15.3 Å². The first-order valence-electron chi connectivity index (χ1n) is 16.0. The highest BCUT2D eigenvalue weighted by molar-refractivity contribution is 7.86. The molecule has 0 radical (unpaired) electrons. The molecule has 0 unspecified atom stereocenters. The van der Waals surface area contributed by atoms with Crippen LogP contribution < -0.4 is 10.5 Å². The summed E-state index contributed by atoms with van der Waals surface area (Å²) in [5.74, 6) is 1.48. The van der Waals surface area contributed by atoms with Gasteiger partial charge >= 0.3 is 0 Å². The van der Waals surface area contributed by atoms with Crippen LogP contribution in [0.25, 0.3) is 16.4 Å². The molecule has 52 heavy (non-hydrogen) atoms. The van der Waals surface area contributed by atoms with Gasteiger partial charge in [0.2, 0.25) is 0 Å². The zero-order valence-electron chi connectivity index (χ0n) is 28.3. The number of nitrogens with zero attached hydrogens (tertiary/aromatic N) is 4. The second kappa shape index (κ2) is 16.7. The van der Waals surface area contributed by atoms with Crippen molar-refractivity contribution in [3.05, 3.63) is 162 Å². The van der Waals surface area contributed by atoms with Gasteiger partial charge in [-0.2, -0.15) is 26.4 Å². The Morgan fingerprint density at radius 3 is 1.77 bits per heavy atom. The largest absolute Gasteiger partial charge is 0.489 e. The minimum atomic E-state index is -4.02. The Morgan fingerprint density at radius 2 is 1.21 bits per heavy atom. The Labute approximate surface area is 302 Å². The average Bonchev–Trinajstić information content (AvgIpc) is 3.57. The van der Waals surface area contributed by atoms with Crippen molar-refractivity contribution in [2.45, 2.75) is 42.7 Å². The molecule has 5 aromatic carbocycles. The minimum Gasteiger partial charge on any atom is -0.489 e. The molecule has 0 saturated heterocycles. The highest BCUT2D eigenvalue weighted by Crippen LogP contribution is 2.22. The lowest BCUT2D eigenvalue weighted by molar-refractivity contribution is 0.306. The number of fused-ring (bicyclic) bond motifs is 3. The summed E-state index contributed by atoms with van der Waals surface area (Å²) in [5, 5.41) is 15.2. The first-order valence-corrected chi connectivity index (χ1v) is 18.8. The Hall–Kier alpha value is -5.51. The number of nitrogens with two attached hydrogens (primary N) is 1. The monoisotopic (exact) mass is 739 g/mol. The molecule has 0 aliphatic heterocycles. The molecule has 2 heterocycles. The van der Waals surface area contributed by atoms with Crippen LogP contribution in [-0.4, -0.2) is 45.8 Å². The van der Waals surface area contributed by atoms with Crippen molar-refractivity contribution < 1.29 is 30.7 Å². The maximum absolute atomic E-state index is 10.5. The standard InChI is InChI=1S/C24H21N5O.2C7H8O3S/c25-22(24-28-27-23-21-9-5-4-8-19(21)15-26-29(23)24)14-17-10-12-20(13-11-17)30-16-18-6-2-1-3-7-18;2*1-6-2-4-7(5-3-6)11(8,9)10/h1-13,15,22H,14,16,25H2;2*2-5H,1H3,(H,8,9,10)/t22-;;/m0../s1. The molecule has 0 spiro atoms. The van der Waals surface area contributed by atoms with Gasteiger partial charge in [0, 0.05) is 10.8 Å². The number of hydrogen-bond donors (Lipinski definition) is 3. The molecule has 7 aromatic rings. The molecule has 268 valence electrons. The molecular weight excluding hydrogens is 703 g/mol. The second-order valence-corrected chi connectivity index (χ2v) is 14.7. The van der Waals surface area contributed by atoms with Gasteiger partial charge in [0.1, 0.15) is 12.4 Å². The third-order valence-corrected chi connectivity index (χ3v) is 9.51. The van der Waals surface area contributed by atoms with Gasteiger partial charge in [0.15, 0.2) is 11.5 Å². The Morgan fingerprint density at radius 1 is 0.673 bits per heavy atom. The SMILES string of the molecule is Cc1ccc(S(=O)(=O)O)cc1.Cc1ccc(S(=O)(=O)O)cc1.N[C@@H](Cc1ccc(OCc2ccccc2)cc1)c1nnc2c3ccccc3cnn12. The summed E-state index contributed by atoms with van der Waals surface area (Å²) < 4.78 is 66.7. The minimum absolute atomic E-state index is 0.0666. The van der Waals surface area contributed by atoms with Gasteiger partial charge < -0.3 is 10.5 Å². The first-order chi connectivity index (χ1) is 24.8. The zero-order chi connectivity index (χ0) is 37.3. The quantitative estimate of drug-likeness (QED) is 0.143. The van der Waals surface area contributed by atoms with Gasteiger partial charge in [-0.3, -0.25) is 9.11 Å². The molecule has 0 aliphatic carbocycles. The number of benzene rings is 5. The van der Waals surface area contributed by atoms with Crippen LogP contribution in [-0.2, 0) is 33.3 Å². The Bertz CT molecular complexity index is 2380. The van der Waals surface area contributed by atoms with Crippen molar-refractivity contribution in [1.82, 2.24) is 19.8 Å². The summed E-state index contributed by atoms with van der Waals surface area (Å²) >= 11 is 0. The van der Waals surface area contributed by atoms with Crippen LogP contribution >= 0.6 is 0 Å². The van der Waals surface area contributed by atoms with Crippen molar-refractivity contribution in [1.29, 1.82) is 0 Å². The van der Waals surface area contributed by atoms with Gasteiger partial charge in [-0.05, 0) is 67.8 Å². The molecular formula is C38H37N5O7S2. The van der Waals surface area contributed by atoms with Crippen molar-refractivity contribution in [3.63, 3.8) is 0 Å². The fourth-order valence-corrected chi connectivity index (χ4v) is 5.93. The van der Waals surface area contributed by atoms with E-state index >= 15 is 0 Å². The number of aryl methyl sites for hydroxylation is 2. The fourth-order valence-electron chi connectivity index (χ4n) is 4.97. The van der Waals surface area contributed by atoms with Gasteiger partial charge in [-0.1, -0.05) is 102 Å². The van der Waals surface area contributed by atoms with Gasteiger partial charge in [-0.25, -0.2) is 0 Å². The molecule has 12 nitrogen and oxygen atoms in total. The summed E-state index contributed by atoms with van der Waals surface area (Å²) in [4.78, 5) is -0.133. The van der Waals surface area contributed by atoms with Gasteiger partial charge in [0.25, 0.3) is 20.2 Å². The van der Waals surface area contributed by atoms with Crippen LogP contribution in [0.3, 0.4) is 0 Å². The third kappa shape index (κ3) is 10.3. The van der Waals surface area contributed by atoms with E-state index in [1.165, 1.54) is 24.3 Å². The van der Waals surface area contributed by atoms with Crippen LogP contribution in [0.4, 0.5) is 0 Å². The van der Waals surface area contributed by atoms with E-state index in [0.29, 0.717) is 18.9 Å². The predicted molar refractivity (Wildman–Crippen MR) is 198 cm³/mol. The van der Waals surface area contributed by atoms with E-state index in [1.54, 1.807) is 28.8 Å². The molecule has 0 fully saturated rings. The van der Waals surface area contributed by atoms with Crippen LogP contribution in [0.5, 0.6) is 5.75 Å². The number of ether oxygens (including phenoxy) is 1. The average molecular weight is 740 g/mol. The van der Waals surface area contributed by atoms with Crippen LogP contribution in [0, 0.1) is 13.8 Å². The maximum atomic E-state index is 10.5. The smallest absolute Gasteiger partial charge is 0.294 e. The van der Waals surface area contributed by atoms with E-state index in [1.807, 2.05) is 98.9 Å². The molecule has 2 aromatic heterocycles. The lowest BCUT2D eigenvalue weighted by atomic mass is 10.1. The molecule has 4 N–H and O–H groups in total. The van der Waals surface area contributed by atoms with Crippen molar-refractivity contribution in [3.8, 4) is 5.75 Å². The van der Waals surface area contributed by atoms with Crippen LogP contribution in [0.2, 0.25) is 0 Å². The first kappa shape index (κ1) is 37.7. The molecule has 0 amide bonds. The normalized spacial score (nSPS) is 11.9. The van der Waals surface area contributed by atoms with E-state index < -0.39 is 20.2 Å². The number of aromatic nitrogens is 4. The summed E-state index contributed by atoms with van der Waals surface area (Å²) in [6, 6.07) is 37.8. The number of hydrogen-bond acceptors (Lipinski definition) is 9. The summed E-state index contributed by atoms with van der Waals surface area (Å²) in [6.45, 7) is 4.23. The van der Waals surface area contributed by atoms with Crippen molar-refractivity contribution in [2.75, 3.05) is 0 Å². The maximum Gasteiger partial charge on any atom is 0.294 e. The highest BCUT2D eigenvalue weighted by Gasteiger charge is 2.17. The third-order valence-electron chi connectivity index (χ3n) is 7.78. The lowest BCUT2D eigenvalue weighted by Crippen LogP contribution is -2.17. The predicted octanol–water partition coefficient (Wildman–Crippen LogP) is 6.58. The van der Waals surface area contributed by atoms with Crippen molar-refractivity contribution in [2.24, 2.45) is 5.73 Å². The topological polar surface area (TPSA) is 187 Å².